The number of hydrogen-bond acceptors (Lipinski definition) is 3. The predicted octanol–water partition coefficient (Wildman–Crippen LogP) is 11.5. The van der Waals surface area contributed by atoms with Crippen molar-refractivity contribution in [1.82, 2.24) is 19.9 Å². The van der Waals surface area contributed by atoms with Crippen LogP contribution in [0.25, 0.3) is 46.4 Å². The molecule has 5 heterocycles. The van der Waals surface area contributed by atoms with Crippen molar-refractivity contribution >= 4 is 63.4 Å². The highest BCUT2D eigenvalue weighted by Crippen LogP contribution is 2.33. The fraction of sp³-hybridized carbons (Fsp3) is 0. The van der Waals surface area contributed by atoms with Gasteiger partial charge in [0.05, 0.1) is 22.8 Å². The van der Waals surface area contributed by atoms with Gasteiger partial charge in [-0.1, -0.05) is 91.0 Å². The molecule has 0 radical (unpaired) electrons. The Hall–Kier alpha value is -6.72. The van der Waals surface area contributed by atoms with Crippen molar-refractivity contribution in [2.24, 2.45) is 0 Å². The molecular formula is C44H35N5. The first-order chi connectivity index (χ1) is 24.2. The van der Waals surface area contributed by atoms with Crippen LogP contribution in [0.2, 0.25) is 0 Å². The number of para-hydroxylation sites is 3. The number of H-pyrrole nitrogens is 2. The minimum atomic E-state index is 0.915. The zero-order valence-corrected chi connectivity index (χ0v) is 26.9. The SMILES string of the molecule is C1=Cc2cc3ccc(cc4ccc(cc5nc(cc1n2)C=C5)[nH]4)[nH]3.c1ccc(N(c2ccccc2)c2ccccc2)cc1.c1ccccc1. The summed E-state index contributed by atoms with van der Waals surface area (Å²) >= 11 is 0. The normalized spacial score (nSPS) is 11.1. The summed E-state index contributed by atoms with van der Waals surface area (Å²) in [6, 6.07) is 59.7. The van der Waals surface area contributed by atoms with Crippen molar-refractivity contribution in [2.75, 3.05) is 4.90 Å². The van der Waals surface area contributed by atoms with Gasteiger partial charge in [0.2, 0.25) is 0 Å². The van der Waals surface area contributed by atoms with E-state index in [0.717, 1.165) is 44.8 Å². The van der Waals surface area contributed by atoms with Crippen molar-refractivity contribution in [3.8, 4) is 0 Å². The Balaban J connectivity index is 0.000000135. The van der Waals surface area contributed by atoms with Crippen LogP contribution in [0.5, 0.6) is 0 Å². The largest absolute Gasteiger partial charge is 0.355 e. The van der Waals surface area contributed by atoms with Gasteiger partial charge in [-0.05, 0) is 109 Å². The zero-order valence-electron chi connectivity index (χ0n) is 26.9. The fourth-order valence-corrected chi connectivity index (χ4v) is 5.51. The molecular weight excluding hydrogens is 599 g/mol. The Morgan fingerprint density at radius 1 is 0.306 bits per heavy atom. The quantitative estimate of drug-likeness (QED) is 0.203. The molecule has 4 aromatic carbocycles. The molecule has 236 valence electrons. The van der Waals surface area contributed by atoms with Gasteiger partial charge in [-0.3, -0.25) is 0 Å². The van der Waals surface area contributed by atoms with Gasteiger partial charge in [-0.15, -0.1) is 0 Å². The maximum Gasteiger partial charge on any atom is 0.0659 e. The molecule has 0 unspecified atom stereocenters. The number of aromatic amines is 2. The van der Waals surface area contributed by atoms with Gasteiger partial charge in [0.25, 0.3) is 0 Å². The summed E-state index contributed by atoms with van der Waals surface area (Å²) in [6.45, 7) is 0. The Morgan fingerprint density at radius 3 is 0.939 bits per heavy atom. The molecule has 0 fully saturated rings. The molecule has 3 aromatic heterocycles. The topological polar surface area (TPSA) is 60.6 Å². The average molecular weight is 634 g/mol. The molecule has 2 N–H and O–H groups in total. The number of rotatable bonds is 3. The van der Waals surface area contributed by atoms with E-state index in [4.69, 9.17) is 0 Å². The molecule has 0 atom stereocenters. The molecule has 7 aromatic rings. The summed E-state index contributed by atoms with van der Waals surface area (Å²) in [4.78, 5) is 18.3. The third-order valence-electron chi connectivity index (χ3n) is 7.75. The van der Waals surface area contributed by atoms with E-state index in [9.17, 15) is 0 Å². The Kier molecular flexibility index (Phi) is 9.62. The van der Waals surface area contributed by atoms with Gasteiger partial charge in [-0.2, -0.15) is 0 Å². The highest BCUT2D eigenvalue weighted by molar-refractivity contribution is 5.78. The van der Waals surface area contributed by atoms with Crippen molar-refractivity contribution in [2.45, 2.75) is 0 Å². The zero-order chi connectivity index (χ0) is 33.1. The van der Waals surface area contributed by atoms with Crippen LogP contribution in [0, 0.1) is 0 Å². The molecule has 5 heteroatoms. The van der Waals surface area contributed by atoms with E-state index in [2.05, 4.69) is 128 Å². The number of fused-ring (bicyclic) bond motifs is 8. The van der Waals surface area contributed by atoms with Crippen LogP contribution >= 0.6 is 0 Å². The lowest BCUT2D eigenvalue weighted by atomic mass is 10.2. The highest BCUT2D eigenvalue weighted by Gasteiger charge is 2.10. The van der Waals surface area contributed by atoms with Crippen LogP contribution in [-0.2, 0) is 0 Å². The average Bonchev–Trinajstić information content (AvgIpc) is 3.99. The number of nitrogens with one attached hydrogen (secondary N) is 2. The van der Waals surface area contributed by atoms with Gasteiger partial charge < -0.3 is 14.9 Å². The molecule has 0 spiro atoms. The van der Waals surface area contributed by atoms with E-state index < -0.39 is 0 Å². The van der Waals surface area contributed by atoms with Crippen molar-refractivity contribution in [3.63, 3.8) is 0 Å². The standard InChI is InChI=1S/C20H14N4.C18H15N.C6H6/c1-2-14-10-16-5-6-18(23-16)12-20-8-7-19(24-20)11-17-4-3-15(22-17)9-13(1)21-14;1-4-10-16(11-5-1)19(17-12-6-2-7-13-17)18-14-8-3-9-15-18;1-2-4-6-5-3-1/h1-12,21-22H;1-15H;1-6H. The molecule has 0 saturated carbocycles. The molecule has 9 rings (SSSR count). The molecule has 0 saturated heterocycles. The molecule has 2 aliphatic rings. The van der Waals surface area contributed by atoms with E-state index in [1.165, 1.54) is 17.1 Å². The number of aromatic nitrogens is 4. The summed E-state index contributed by atoms with van der Waals surface area (Å²) in [5.41, 5.74) is 11.4. The lowest BCUT2D eigenvalue weighted by molar-refractivity contribution is 1.28. The lowest BCUT2D eigenvalue weighted by Gasteiger charge is -2.25. The third kappa shape index (κ3) is 8.36. The molecule has 5 nitrogen and oxygen atoms in total. The van der Waals surface area contributed by atoms with Crippen molar-refractivity contribution in [3.05, 3.63) is 199 Å². The van der Waals surface area contributed by atoms with E-state index >= 15 is 0 Å². The maximum absolute atomic E-state index is 4.62. The lowest BCUT2D eigenvalue weighted by Crippen LogP contribution is -2.09. The monoisotopic (exact) mass is 633 g/mol. The molecule has 0 aliphatic carbocycles. The minimum Gasteiger partial charge on any atom is -0.355 e. The second kappa shape index (κ2) is 15.2. The third-order valence-corrected chi connectivity index (χ3v) is 7.75. The number of anilines is 3. The summed E-state index contributed by atoms with van der Waals surface area (Å²) in [5.74, 6) is 0. The van der Waals surface area contributed by atoms with Gasteiger partial charge in [0, 0.05) is 39.1 Å². The van der Waals surface area contributed by atoms with Crippen molar-refractivity contribution in [1.29, 1.82) is 0 Å². The predicted molar refractivity (Wildman–Crippen MR) is 206 cm³/mol. The molecule has 8 bridgehead atoms. The maximum atomic E-state index is 4.62. The molecule has 49 heavy (non-hydrogen) atoms. The van der Waals surface area contributed by atoms with Crippen LogP contribution in [0.4, 0.5) is 17.1 Å². The number of nitrogens with zero attached hydrogens (tertiary/aromatic N) is 3. The van der Waals surface area contributed by atoms with Crippen LogP contribution in [-0.4, -0.2) is 19.9 Å². The van der Waals surface area contributed by atoms with Crippen molar-refractivity contribution < 1.29 is 0 Å². The van der Waals surface area contributed by atoms with Crippen LogP contribution in [0.3, 0.4) is 0 Å². The first kappa shape index (κ1) is 30.9. The first-order valence-electron chi connectivity index (χ1n) is 16.2. The minimum absolute atomic E-state index is 0.915. The molecule has 0 amide bonds. The number of hydrogen-bond donors (Lipinski definition) is 2. The fourth-order valence-electron chi connectivity index (χ4n) is 5.51. The van der Waals surface area contributed by atoms with Gasteiger partial charge in [-0.25, -0.2) is 9.97 Å². The highest BCUT2D eigenvalue weighted by atomic mass is 15.1. The van der Waals surface area contributed by atoms with Gasteiger partial charge in [0.1, 0.15) is 0 Å². The van der Waals surface area contributed by atoms with E-state index in [0.29, 0.717) is 0 Å². The second-order valence-electron chi connectivity index (χ2n) is 11.4. The summed E-state index contributed by atoms with van der Waals surface area (Å²) in [5, 5.41) is 0. The first-order valence-corrected chi connectivity index (χ1v) is 16.2. The summed E-state index contributed by atoms with van der Waals surface area (Å²) < 4.78 is 0. The van der Waals surface area contributed by atoms with E-state index in [-0.39, 0.29) is 0 Å². The van der Waals surface area contributed by atoms with Crippen LogP contribution in [0.15, 0.2) is 176 Å². The van der Waals surface area contributed by atoms with E-state index in [1.54, 1.807) is 0 Å². The van der Waals surface area contributed by atoms with Crippen LogP contribution < -0.4 is 4.90 Å². The molecule has 2 aliphatic heterocycles. The number of benzene rings is 4. The second-order valence-corrected chi connectivity index (χ2v) is 11.4. The van der Waals surface area contributed by atoms with Gasteiger partial charge in [0.15, 0.2) is 0 Å². The summed E-state index contributed by atoms with van der Waals surface area (Å²) in [6.07, 6.45) is 8.05. The Bertz CT molecular complexity index is 2110. The van der Waals surface area contributed by atoms with Gasteiger partial charge >= 0.3 is 0 Å². The smallest absolute Gasteiger partial charge is 0.0659 e. The Morgan fingerprint density at radius 2 is 0.592 bits per heavy atom. The van der Waals surface area contributed by atoms with E-state index in [1.807, 2.05) is 97.1 Å². The van der Waals surface area contributed by atoms with Crippen LogP contribution in [0.1, 0.15) is 22.8 Å². The Labute approximate surface area is 286 Å². The summed E-state index contributed by atoms with van der Waals surface area (Å²) in [7, 11) is 0.